The lowest BCUT2D eigenvalue weighted by Gasteiger charge is -2.36. The van der Waals surface area contributed by atoms with Crippen LogP contribution in [-0.4, -0.2) is 47.8 Å². The first-order valence-electron chi connectivity index (χ1n) is 12.0. The van der Waals surface area contributed by atoms with E-state index in [1.54, 1.807) is 12.1 Å². The third-order valence-corrected chi connectivity index (χ3v) is 6.64. The first-order chi connectivity index (χ1) is 16.0. The summed E-state index contributed by atoms with van der Waals surface area (Å²) in [7, 11) is 0. The predicted molar refractivity (Wildman–Crippen MR) is 128 cm³/mol. The molecule has 0 radical (unpaired) electrons. The predicted octanol–water partition coefficient (Wildman–Crippen LogP) is 3.24. The summed E-state index contributed by atoms with van der Waals surface area (Å²) in [5, 5.41) is 6.05. The van der Waals surface area contributed by atoms with E-state index in [4.69, 9.17) is 0 Å². The van der Waals surface area contributed by atoms with Gasteiger partial charge >= 0.3 is 0 Å². The van der Waals surface area contributed by atoms with Gasteiger partial charge in [-0.2, -0.15) is 0 Å². The van der Waals surface area contributed by atoms with Crippen LogP contribution in [0.1, 0.15) is 53.6 Å². The fourth-order valence-corrected chi connectivity index (χ4v) is 4.38. The van der Waals surface area contributed by atoms with Crippen molar-refractivity contribution in [1.82, 2.24) is 15.5 Å². The summed E-state index contributed by atoms with van der Waals surface area (Å²) >= 11 is 0. The molecule has 0 unspecified atom stereocenters. The molecular weight excluding hydrogens is 414 g/mol. The van der Waals surface area contributed by atoms with E-state index in [9.17, 15) is 14.4 Å². The van der Waals surface area contributed by atoms with Gasteiger partial charge in [0.1, 0.15) is 6.04 Å². The second kappa shape index (κ2) is 10.6. The molecule has 2 aromatic carbocycles. The number of hydrogen-bond donors (Lipinski definition) is 2. The third kappa shape index (κ3) is 6.44. The van der Waals surface area contributed by atoms with Gasteiger partial charge in [-0.1, -0.05) is 48.0 Å². The van der Waals surface area contributed by atoms with Gasteiger partial charge in [0.2, 0.25) is 11.8 Å². The number of amides is 3. The zero-order valence-electron chi connectivity index (χ0n) is 19.3. The number of piperidine rings is 1. The molecule has 1 aliphatic heterocycles. The Kier molecular flexibility index (Phi) is 7.43. The highest BCUT2D eigenvalue weighted by Gasteiger charge is 2.36. The van der Waals surface area contributed by atoms with Crippen molar-refractivity contribution < 1.29 is 14.4 Å². The molecule has 6 nitrogen and oxygen atoms in total. The van der Waals surface area contributed by atoms with E-state index in [0.717, 1.165) is 30.4 Å². The van der Waals surface area contributed by atoms with Crippen LogP contribution in [0.2, 0.25) is 0 Å². The van der Waals surface area contributed by atoms with Crippen molar-refractivity contribution in [2.45, 2.75) is 57.5 Å². The Labute approximate surface area is 195 Å². The minimum atomic E-state index is -0.582. The number of nitrogens with one attached hydrogen (secondary N) is 2. The molecule has 1 heterocycles. The SMILES string of the molecule is Cc1ccc(C(=O)N[C@H](C(=O)NC2CC2)C2CCN(C(=O)CCc3ccccc3)CC2)cc1. The van der Waals surface area contributed by atoms with Crippen molar-refractivity contribution in [2.75, 3.05) is 13.1 Å². The Bertz CT molecular complexity index is 962. The van der Waals surface area contributed by atoms with Crippen molar-refractivity contribution in [2.24, 2.45) is 5.92 Å². The molecule has 2 aliphatic rings. The van der Waals surface area contributed by atoms with Gasteiger partial charge in [0.15, 0.2) is 0 Å². The fraction of sp³-hybridized carbons (Fsp3) is 0.444. The van der Waals surface area contributed by atoms with Crippen LogP contribution >= 0.6 is 0 Å². The average molecular weight is 448 g/mol. The van der Waals surface area contributed by atoms with Crippen LogP contribution in [0.4, 0.5) is 0 Å². The molecule has 3 amide bonds. The Morgan fingerprint density at radius 3 is 2.24 bits per heavy atom. The molecule has 2 aromatic rings. The molecule has 174 valence electrons. The monoisotopic (exact) mass is 447 g/mol. The number of likely N-dealkylation sites (tertiary alicyclic amines) is 1. The zero-order chi connectivity index (χ0) is 23.2. The summed E-state index contributed by atoms with van der Waals surface area (Å²) in [6, 6.07) is 17.1. The summed E-state index contributed by atoms with van der Waals surface area (Å²) in [6.45, 7) is 3.21. The molecule has 33 heavy (non-hydrogen) atoms. The molecule has 0 aromatic heterocycles. The van der Waals surface area contributed by atoms with Crippen LogP contribution in [0.25, 0.3) is 0 Å². The van der Waals surface area contributed by atoms with E-state index in [0.29, 0.717) is 37.9 Å². The second-order valence-corrected chi connectivity index (χ2v) is 9.30. The van der Waals surface area contributed by atoms with Crippen molar-refractivity contribution >= 4 is 17.7 Å². The number of aryl methyl sites for hydroxylation is 2. The normalized spacial score (nSPS) is 17.3. The van der Waals surface area contributed by atoms with Gasteiger partial charge in [-0.3, -0.25) is 14.4 Å². The summed E-state index contributed by atoms with van der Waals surface area (Å²) in [5.74, 6) is -0.171. The molecule has 1 saturated heterocycles. The van der Waals surface area contributed by atoms with Gasteiger partial charge < -0.3 is 15.5 Å². The van der Waals surface area contributed by atoms with E-state index >= 15 is 0 Å². The first-order valence-corrected chi connectivity index (χ1v) is 12.0. The molecule has 2 N–H and O–H groups in total. The van der Waals surface area contributed by atoms with Crippen molar-refractivity contribution in [3.05, 3.63) is 71.3 Å². The first kappa shape index (κ1) is 23.0. The summed E-state index contributed by atoms with van der Waals surface area (Å²) in [6.07, 6.45) is 4.63. The van der Waals surface area contributed by atoms with Crippen molar-refractivity contribution in [3.8, 4) is 0 Å². The minimum Gasteiger partial charge on any atom is -0.352 e. The molecule has 0 bridgehead atoms. The summed E-state index contributed by atoms with van der Waals surface area (Å²) < 4.78 is 0. The number of nitrogens with zero attached hydrogens (tertiary/aromatic N) is 1. The van der Waals surface area contributed by atoms with Crippen LogP contribution in [0.3, 0.4) is 0 Å². The van der Waals surface area contributed by atoms with Crippen LogP contribution < -0.4 is 10.6 Å². The molecule has 1 saturated carbocycles. The van der Waals surface area contributed by atoms with Crippen LogP contribution in [-0.2, 0) is 16.0 Å². The number of carbonyl (C=O) groups excluding carboxylic acids is 3. The third-order valence-electron chi connectivity index (χ3n) is 6.64. The number of rotatable bonds is 8. The molecule has 1 aliphatic carbocycles. The van der Waals surface area contributed by atoms with Gasteiger partial charge in [-0.05, 0) is 62.6 Å². The highest BCUT2D eigenvalue weighted by Crippen LogP contribution is 2.24. The summed E-state index contributed by atoms with van der Waals surface area (Å²) in [5.41, 5.74) is 2.80. The summed E-state index contributed by atoms with van der Waals surface area (Å²) in [4.78, 5) is 40.4. The number of carbonyl (C=O) groups is 3. The van der Waals surface area contributed by atoms with Crippen LogP contribution in [0, 0.1) is 12.8 Å². The van der Waals surface area contributed by atoms with E-state index in [1.807, 2.05) is 54.3 Å². The highest BCUT2D eigenvalue weighted by molar-refractivity contribution is 5.97. The van der Waals surface area contributed by atoms with E-state index < -0.39 is 6.04 Å². The maximum Gasteiger partial charge on any atom is 0.251 e. The Morgan fingerprint density at radius 1 is 0.939 bits per heavy atom. The Morgan fingerprint density at radius 2 is 1.61 bits per heavy atom. The Hall–Kier alpha value is -3.15. The minimum absolute atomic E-state index is 0.0105. The van der Waals surface area contributed by atoms with Gasteiger partial charge in [-0.25, -0.2) is 0 Å². The number of hydrogen-bond acceptors (Lipinski definition) is 3. The lowest BCUT2D eigenvalue weighted by molar-refractivity contribution is -0.133. The lowest BCUT2D eigenvalue weighted by atomic mass is 9.88. The molecular formula is C27H33N3O3. The second-order valence-electron chi connectivity index (χ2n) is 9.30. The standard InChI is InChI=1S/C27H33N3O3/c1-19-7-10-22(11-8-19)26(32)29-25(27(33)28-23-12-13-23)21-15-17-30(18-16-21)24(31)14-9-20-5-3-2-4-6-20/h2-8,10-11,21,23,25H,9,12-18H2,1H3,(H,28,33)(H,29,32)/t25-/m0/s1. The smallest absolute Gasteiger partial charge is 0.251 e. The van der Waals surface area contributed by atoms with Crippen molar-refractivity contribution in [3.63, 3.8) is 0 Å². The lowest BCUT2D eigenvalue weighted by Crippen LogP contribution is -2.54. The van der Waals surface area contributed by atoms with Gasteiger partial charge in [-0.15, -0.1) is 0 Å². The van der Waals surface area contributed by atoms with Gasteiger partial charge in [0.05, 0.1) is 0 Å². The topological polar surface area (TPSA) is 78.5 Å². The van der Waals surface area contributed by atoms with Crippen LogP contribution in [0.5, 0.6) is 0 Å². The molecule has 1 atom stereocenters. The van der Waals surface area contributed by atoms with E-state index in [2.05, 4.69) is 10.6 Å². The molecule has 6 heteroatoms. The van der Waals surface area contributed by atoms with E-state index in [1.165, 1.54) is 0 Å². The molecule has 4 rings (SSSR count). The fourth-order valence-electron chi connectivity index (χ4n) is 4.38. The zero-order valence-corrected chi connectivity index (χ0v) is 19.3. The average Bonchev–Trinajstić information content (AvgIpc) is 3.66. The largest absolute Gasteiger partial charge is 0.352 e. The van der Waals surface area contributed by atoms with Crippen molar-refractivity contribution in [1.29, 1.82) is 0 Å². The van der Waals surface area contributed by atoms with Gasteiger partial charge in [0.25, 0.3) is 5.91 Å². The van der Waals surface area contributed by atoms with Gasteiger partial charge in [0, 0.05) is 31.1 Å². The molecule has 0 spiro atoms. The molecule has 2 fully saturated rings. The Balaban J connectivity index is 1.34. The quantitative estimate of drug-likeness (QED) is 0.652. The number of benzene rings is 2. The highest BCUT2D eigenvalue weighted by atomic mass is 16.2. The van der Waals surface area contributed by atoms with E-state index in [-0.39, 0.29) is 29.7 Å². The van der Waals surface area contributed by atoms with Crippen LogP contribution in [0.15, 0.2) is 54.6 Å². The maximum absolute atomic E-state index is 13.0. The maximum atomic E-state index is 13.0.